The van der Waals surface area contributed by atoms with E-state index in [2.05, 4.69) is 39.2 Å². The van der Waals surface area contributed by atoms with Crippen molar-refractivity contribution in [2.75, 3.05) is 12.4 Å². The molecule has 94 valence electrons. The number of pyridine rings is 1. The number of hydrogen-bond acceptors (Lipinski definition) is 3. The maximum absolute atomic E-state index is 5.23. The van der Waals surface area contributed by atoms with Crippen LogP contribution in [0.15, 0.2) is 47.1 Å². The fourth-order valence-corrected chi connectivity index (χ4v) is 2.43. The van der Waals surface area contributed by atoms with E-state index in [1.807, 2.05) is 30.3 Å². The first kappa shape index (κ1) is 12.9. The Kier molecular flexibility index (Phi) is 4.20. The van der Waals surface area contributed by atoms with Crippen LogP contribution in [0.5, 0.6) is 5.88 Å². The normalized spacial score (nSPS) is 11.9. The molecule has 0 bridgehead atoms. The Labute approximate surface area is 115 Å². The summed E-state index contributed by atoms with van der Waals surface area (Å²) in [5.74, 6) is 0.608. The number of benzene rings is 1. The number of aromatic nitrogens is 1. The molecule has 0 fully saturated rings. The molecule has 1 atom stereocenters. The van der Waals surface area contributed by atoms with Crippen LogP contribution in [0.25, 0.3) is 0 Å². The summed E-state index contributed by atoms with van der Waals surface area (Å²) in [7, 11) is 1.62. The molecule has 1 aromatic heterocycles. The molecule has 18 heavy (non-hydrogen) atoms. The summed E-state index contributed by atoms with van der Waals surface area (Å²) < 4.78 is 6.32. The topological polar surface area (TPSA) is 34.1 Å². The molecule has 1 aromatic carbocycles. The molecule has 0 spiro atoms. The van der Waals surface area contributed by atoms with Crippen molar-refractivity contribution < 1.29 is 4.74 Å². The predicted molar refractivity (Wildman–Crippen MR) is 77.0 cm³/mol. The van der Waals surface area contributed by atoms with Gasteiger partial charge >= 0.3 is 0 Å². The summed E-state index contributed by atoms with van der Waals surface area (Å²) in [6, 6.07) is 12.2. The zero-order chi connectivity index (χ0) is 13.0. The molecular formula is C14H15BrN2O. The summed E-state index contributed by atoms with van der Waals surface area (Å²) in [5, 5.41) is 3.40. The van der Waals surface area contributed by atoms with Gasteiger partial charge in [0.05, 0.1) is 12.8 Å². The summed E-state index contributed by atoms with van der Waals surface area (Å²) in [4.78, 5) is 4.17. The molecule has 0 radical (unpaired) electrons. The number of nitrogens with zero attached hydrogens (tertiary/aromatic N) is 1. The van der Waals surface area contributed by atoms with Crippen LogP contribution in [0, 0.1) is 0 Å². The van der Waals surface area contributed by atoms with Crippen LogP contribution < -0.4 is 10.1 Å². The Balaban J connectivity index is 2.21. The third kappa shape index (κ3) is 2.82. The van der Waals surface area contributed by atoms with Crippen LogP contribution >= 0.6 is 15.9 Å². The first-order valence-electron chi connectivity index (χ1n) is 5.72. The van der Waals surface area contributed by atoms with Gasteiger partial charge in [0.15, 0.2) is 0 Å². The highest BCUT2D eigenvalue weighted by Gasteiger charge is 2.11. The Hall–Kier alpha value is -1.55. The molecule has 1 unspecified atom stereocenters. The zero-order valence-electron chi connectivity index (χ0n) is 10.4. The minimum Gasteiger partial charge on any atom is -0.480 e. The molecule has 3 nitrogen and oxygen atoms in total. The van der Waals surface area contributed by atoms with Crippen molar-refractivity contribution in [3.63, 3.8) is 0 Å². The molecule has 4 heteroatoms. The second-order valence-corrected chi connectivity index (χ2v) is 4.80. The minimum atomic E-state index is 0.165. The number of anilines is 1. The third-order valence-corrected chi connectivity index (χ3v) is 3.43. The van der Waals surface area contributed by atoms with Crippen molar-refractivity contribution in [1.82, 2.24) is 4.98 Å². The smallest absolute Gasteiger partial charge is 0.237 e. The maximum atomic E-state index is 5.23. The number of halogens is 1. The minimum absolute atomic E-state index is 0.165. The largest absolute Gasteiger partial charge is 0.480 e. The van der Waals surface area contributed by atoms with E-state index in [1.165, 1.54) is 5.56 Å². The van der Waals surface area contributed by atoms with Gasteiger partial charge in [-0.1, -0.05) is 34.1 Å². The molecule has 0 saturated heterocycles. The summed E-state index contributed by atoms with van der Waals surface area (Å²) in [6.07, 6.45) is 1.72. The first-order chi connectivity index (χ1) is 8.72. The average molecular weight is 307 g/mol. The maximum Gasteiger partial charge on any atom is 0.237 e. The van der Waals surface area contributed by atoms with Crippen molar-refractivity contribution in [1.29, 1.82) is 0 Å². The van der Waals surface area contributed by atoms with Crippen LogP contribution in [-0.4, -0.2) is 12.1 Å². The predicted octanol–water partition coefficient (Wildman–Crippen LogP) is 4.03. The Bertz CT molecular complexity index is 531. The van der Waals surface area contributed by atoms with E-state index in [9.17, 15) is 0 Å². The lowest BCUT2D eigenvalue weighted by Gasteiger charge is -2.18. The summed E-state index contributed by atoms with van der Waals surface area (Å²) >= 11 is 3.56. The van der Waals surface area contributed by atoms with Crippen LogP contribution in [0.1, 0.15) is 18.5 Å². The zero-order valence-corrected chi connectivity index (χ0v) is 11.9. The van der Waals surface area contributed by atoms with E-state index in [0.29, 0.717) is 5.88 Å². The highest BCUT2D eigenvalue weighted by Crippen LogP contribution is 2.29. The highest BCUT2D eigenvalue weighted by molar-refractivity contribution is 9.10. The van der Waals surface area contributed by atoms with Crippen LogP contribution in [-0.2, 0) is 0 Å². The molecular weight excluding hydrogens is 292 g/mol. The second-order valence-electron chi connectivity index (χ2n) is 3.95. The van der Waals surface area contributed by atoms with E-state index in [1.54, 1.807) is 13.3 Å². The highest BCUT2D eigenvalue weighted by atomic mass is 79.9. The van der Waals surface area contributed by atoms with Crippen LogP contribution in [0.3, 0.4) is 0 Å². The van der Waals surface area contributed by atoms with Gasteiger partial charge in [0.25, 0.3) is 0 Å². The molecule has 2 rings (SSSR count). The van der Waals surface area contributed by atoms with Gasteiger partial charge in [-0.15, -0.1) is 0 Å². The number of methoxy groups -OCH3 is 1. The number of rotatable bonds is 4. The molecule has 0 saturated carbocycles. The van der Waals surface area contributed by atoms with E-state index in [4.69, 9.17) is 4.74 Å². The third-order valence-electron chi connectivity index (χ3n) is 2.71. The standard InChI is InChI=1S/C14H15BrN2O/c1-10(11-6-3-4-7-12(11)15)17-13-8-5-9-16-14(13)18-2/h3-10,17H,1-2H3. The second kappa shape index (κ2) is 5.87. The van der Waals surface area contributed by atoms with Crippen molar-refractivity contribution in [2.24, 2.45) is 0 Å². The summed E-state index contributed by atoms with van der Waals surface area (Å²) in [5.41, 5.74) is 2.09. The number of hydrogen-bond donors (Lipinski definition) is 1. The van der Waals surface area contributed by atoms with Crippen LogP contribution in [0.2, 0.25) is 0 Å². The lowest BCUT2D eigenvalue weighted by molar-refractivity contribution is 0.399. The molecule has 0 aliphatic rings. The molecule has 0 aliphatic heterocycles. The van der Waals surface area contributed by atoms with Crippen molar-refractivity contribution in [2.45, 2.75) is 13.0 Å². The Morgan fingerprint density at radius 3 is 2.72 bits per heavy atom. The van der Waals surface area contributed by atoms with Gasteiger partial charge in [-0.25, -0.2) is 4.98 Å². The molecule has 1 heterocycles. The van der Waals surface area contributed by atoms with Gasteiger partial charge in [-0.3, -0.25) is 0 Å². The fourth-order valence-electron chi connectivity index (χ4n) is 1.80. The van der Waals surface area contributed by atoms with Gasteiger partial charge in [-0.2, -0.15) is 0 Å². The quantitative estimate of drug-likeness (QED) is 0.926. The summed E-state index contributed by atoms with van der Waals surface area (Å²) in [6.45, 7) is 2.10. The monoisotopic (exact) mass is 306 g/mol. The molecule has 1 N–H and O–H groups in total. The first-order valence-corrected chi connectivity index (χ1v) is 6.51. The Morgan fingerprint density at radius 2 is 2.00 bits per heavy atom. The van der Waals surface area contributed by atoms with Gasteiger partial charge in [0, 0.05) is 16.7 Å². The Morgan fingerprint density at radius 1 is 1.22 bits per heavy atom. The van der Waals surface area contributed by atoms with Gasteiger partial charge in [0.1, 0.15) is 0 Å². The van der Waals surface area contributed by atoms with E-state index in [0.717, 1.165) is 10.2 Å². The lowest BCUT2D eigenvalue weighted by atomic mass is 10.1. The van der Waals surface area contributed by atoms with Crippen molar-refractivity contribution in [3.8, 4) is 5.88 Å². The number of ether oxygens (including phenoxy) is 1. The SMILES string of the molecule is COc1ncccc1NC(C)c1ccccc1Br. The molecule has 2 aromatic rings. The fraction of sp³-hybridized carbons (Fsp3) is 0.214. The van der Waals surface area contributed by atoms with Crippen molar-refractivity contribution in [3.05, 3.63) is 52.6 Å². The molecule has 0 amide bonds. The van der Waals surface area contributed by atoms with Gasteiger partial charge in [-0.05, 0) is 30.7 Å². The lowest BCUT2D eigenvalue weighted by Crippen LogP contribution is -2.08. The molecule has 0 aliphatic carbocycles. The van der Waals surface area contributed by atoms with Crippen molar-refractivity contribution >= 4 is 21.6 Å². The van der Waals surface area contributed by atoms with Gasteiger partial charge < -0.3 is 10.1 Å². The van der Waals surface area contributed by atoms with E-state index >= 15 is 0 Å². The van der Waals surface area contributed by atoms with E-state index in [-0.39, 0.29) is 6.04 Å². The van der Waals surface area contributed by atoms with Gasteiger partial charge in [0.2, 0.25) is 5.88 Å². The average Bonchev–Trinajstić information content (AvgIpc) is 2.39. The van der Waals surface area contributed by atoms with E-state index < -0.39 is 0 Å². The number of nitrogens with one attached hydrogen (secondary N) is 1. The van der Waals surface area contributed by atoms with Crippen LogP contribution in [0.4, 0.5) is 5.69 Å².